The van der Waals surface area contributed by atoms with Crippen molar-refractivity contribution in [1.82, 2.24) is 10.4 Å². The Morgan fingerprint density at radius 3 is 2.71 bits per heavy atom. The van der Waals surface area contributed by atoms with Gasteiger partial charge < -0.3 is 0 Å². The number of nitrogens with zero attached hydrogens (tertiary/aromatic N) is 2. The highest BCUT2D eigenvalue weighted by Crippen LogP contribution is 2.38. The molecule has 1 aromatic rings. The quantitative estimate of drug-likeness (QED) is 0.806. The summed E-state index contributed by atoms with van der Waals surface area (Å²) in [5.74, 6) is 0. The highest BCUT2D eigenvalue weighted by atomic mass is 31.1. The number of hydrazine groups is 2. The van der Waals surface area contributed by atoms with Crippen LogP contribution in [0.2, 0.25) is 0 Å². The molecule has 0 fully saturated rings. The maximum Gasteiger partial charge on any atom is 0.109 e. The van der Waals surface area contributed by atoms with Crippen molar-refractivity contribution in [2.45, 2.75) is 19.1 Å². The molecule has 1 aromatic carbocycles. The van der Waals surface area contributed by atoms with Gasteiger partial charge >= 0.3 is 0 Å². The SMILES string of the molecule is CN(C)C(C)(C)PON1NNc2ccccc21. The van der Waals surface area contributed by atoms with Crippen molar-refractivity contribution in [3.05, 3.63) is 24.3 Å². The van der Waals surface area contributed by atoms with E-state index in [0.717, 1.165) is 11.4 Å². The van der Waals surface area contributed by atoms with Crippen LogP contribution in [0.25, 0.3) is 0 Å². The van der Waals surface area contributed by atoms with Crippen LogP contribution in [0, 0.1) is 0 Å². The lowest BCUT2D eigenvalue weighted by atomic mass is 10.3. The fourth-order valence-electron chi connectivity index (χ4n) is 1.25. The van der Waals surface area contributed by atoms with Gasteiger partial charge in [0.25, 0.3) is 0 Å². The minimum absolute atomic E-state index is 0.0131. The molecule has 1 aliphatic rings. The van der Waals surface area contributed by atoms with E-state index in [1.807, 2.05) is 24.3 Å². The molecule has 0 saturated carbocycles. The molecule has 17 heavy (non-hydrogen) atoms. The van der Waals surface area contributed by atoms with Gasteiger partial charge in [0, 0.05) is 0 Å². The molecular formula is C11H19N4OP. The zero-order valence-corrected chi connectivity index (χ0v) is 11.6. The molecule has 0 aromatic heterocycles. The zero-order valence-electron chi connectivity index (χ0n) is 10.6. The van der Waals surface area contributed by atoms with Crippen LogP contribution >= 0.6 is 8.81 Å². The summed E-state index contributed by atoms with van der Waals surface area (Å²) in [7, 11) is 4.45. The Hall–Kier alpha value is -0.870. The van der Waals surface area contributed by atoms with Crippen LogP contribution in [0.4, 0.5) is 11.4 Å². The van der Waals surface area contributed by atoms with Gasteiger partial charge in [-0.25, -0.2) is 4.62 Å². The standard InChI is InChI=1S/C11H19N4OP/c1-11(2,14(3)4)17-16-15-10-8-6-5-7-9(10)12-13-15/h5-8,12-13,17H,1-4H3. The van der Waals surface area contributed by atoms with Gasteiger partial charge in [-0.1, -0.05) is 12.1 Å². The van der Waals surface area contributed by atoms with E-state index in [4.69, 9.17) is 4.62 Å². The summed E-state index contributed by atoms with van der Waals surface area (Å²) in [6.45, 7) is 4.31. The van der Waals surface area contributed by atoms with E-state index in [-0.39, 0.29) is 5.28 Å². The fraction of sp³-hybridized carbons (Fsp3) is 0.455. The van der Waals surface area contributed by atoms with E-state index in [2.05, 4.69) is 43.8 Å². The molecule has 2 rings (SSSR count). The molecule has 0 saturated heterocycles. The van der Waals surface area contributed by atoms with Crippen molar-refractivity contribution in [3.8, 4) is 0 Å². The Kier molecular flexibility index (Phi) is 3.54. The first-order valence-corrected chi connectivity index (χ1v) is 6.44. The molecule has 1 heterocycles. The van der Waals surface area contributed by atoms with Crippen LogP contribution in [-0.4, -0.2) is 24.3 Å². The number of hydrogen-bond donors (Lipinski definition) is 2. The molecule has 1 atom stereocenters. The van der Waals surface area contributed by atoms with Gasteiger partial charge in [0.2, 0.25) is 0 Å². The van der Waals surface area contributed by atoms with Crippen LogP contribution < -0.4 is 16.1 Å². The van der Waals surface area contributed by atoms with E-state index in [1.165, 1.54) is 0 Å². The maximum atomic E-state index is 5.80. The highest BCUT2D eigenvalue weighted by Gasteiger charge is 2.25. The second-order valence-corrected chi connectivity index (χ2v) is 6.31. The number of rotatable bonds is 4. The normalized spacial score (nSPS) is 15.7. The molecule has 5 nitrogen and oxygen atoms in total. The Morgan fingerprint density at radius 2 is 2.00 bits per heavy atom. The van der Waals surface area contributed by atoms with Gasteiger partial charge in [0.1, 0.15) is 5.69 Å². The number of para-hydroxylation sites is 2. The zero-order chi connectivity index (χ0) is 12.5. The van der Waals surface area contributed by atoms with Crippen LogP contribution in [0.3, 0.4) is 0 Å². The molecule has 0 aliphatic carbocycles. The topological polar surface area (TPSA) is 39.8 Å². The van der Waals surface area contributed by atoms with Crippen LogP contribution in [-0.2, 0) is 4.62 Å². The predicted molar refractivity (Wildman–Crippen MR) is 72.8 cm³/mol. The molecule has 0 amide bonds. The summed E-state index contributed by atoms with van der Waals surface area (Å²) >= 11 is 0. The van der Waals surface area contributed by atoms with Gasteiger partial charge in [-0.2, -0.15) is 5.17 Å². The summed E-state index contributed by atoms with van der Waals surface area (Å²) < 4.78 is 5.80. The van der Waals surface area contributed by atoms with Crippen molar-refractivity contribution in [1.29, 1.82) is 0 Å². The van der Waals surface area contributed by atoms with E-state index in [1.54, 1.807) is 5.17 Å². The average Bonchev–Trinajstić information content (AvgIpc) is 2.69. The van der Waals surface area contributed by atoms with E-state index in [9.17, 15) is 0 Å². The van der Waals surface area contributed by atoms with Crippen molar-refractivity contribution in [2.24, 2.45) is 0 Å². The molecule has 0 radical (unpaired) electrons. The van der Waals surface area contributed by atoms with E-state index in [0.29, 0.717) is 8.81 Å². The summed E-state index contributed by atoms with van der Waals surface area (Å²) in [4.78, 5) is 2.15. The predicted octanol–water partition coefficient (Wildman–Crippen LogP) is 2.16. The lowest BCUT2D eigenvalue weighted by Crippen LogP contribution is -2.38. The maximum absolute atomic E-state index is 5.80. The van der Waals surface area contributed by atoms with E-state index >= 15 is 0 Å². The van der Waals surface area contributed by atoms with Crippen LogP contribution in [0.5, 0.6) is 0 Å². The van der Waals surface area contributed by atoms with E-state index < -0.39 is 0 Å². The third kappa shape index (κ3) is 2.69. The first-order chi connectivity index (χ1) is 8.00. The molecular weight excluding hydrogens is 235 g/mol. The number of hydrogen-bond acceptors (Lipinski definition) is 5. The van der Waals surface area contributed by atoms with Crippen LogP contribution in [0.1, 0.15) is 13.8 Å². The van der Waals surface area contributed by atoms with Crippen molar-refractivity contribution in [2.75, 3.05) is 24.7 Å². The average molecular weight is 254 g/mol. The number of benzene rings is 1. The second-order valence-electron chi connectivity index (χ2n) is 4.70. The largest absolute Gasteiger partial charge is 0.300 e. The van der Waals surface area contributed by atoms with Gasteiger partial charge in [-0.05, 0) is 40.1 Å². The molecule has 1 unspecified atom stereocenters. The molecule has 94 valence electrons. The van der Waals surface area contributed by atoms with Crippen molar-refractivity contribution < 1.29 is 4.62 Å². The summed E-state index contributed by atoms with van der Waals surface area (Å²) in [6, 6.07) is 7.99. The molecule has 2 N–H and O–H groups in total. The Balaban J connectivity index is 1.99. The lowest BCUT2D eigenvalue weighted by molar-refractivity contribution is 0.237. The van der Waals surface area contributed by atoms with Gasteiger partial charge in [-0.3, -0.25) is 10.3 Å². The minimum Gasteiger partial charge on any atom is -0.300 e. The number of anilines is 2. The Labute approximate surface area is 104 Å². The molecule has 6 heteroatoms. The van der Waals surface area contributed by atoms with Gasteiger partial charge in [0.05, 0.1) is 19.8 Å². The summed E-state index contributed by atoms with van der Waals surface area (Å²) in [5.41, 5.74) is 8.08. The van der Waals surface area contributed by atoms with Crippen molar-refractivity contribution >= 4 is 20.2 Å². The number of fused-ring (bicyclic) bond motifs is 1. The third-order valence-corrected chi connectivity index (χ3v) is 4.14. The highest BCUT2D eigenvalue weighted by molar-refractivity contribution is 7.34. The Morgan fingerprint density at radius 1 is 1.29 bits per heavy atom. The molecule has 0 bridgehead atoms. The summed E-state index contributed by atoms with van der Waals surface area (Å²) in [5, 5.41) is 1.69. The minimum atomic E-state index is 0.0131. The first-order valence-electron chi connectivity index (χ1n) is 5.53. The second kappa shape index (κ2) is 4.78. The third-order valence-electron chi connectivity index (χ3n) is 2.92. The Bertz CT molecular complexity index is 397. The first kappa shape index (κ1) is 12.6. The molecule has 1 aliphatic heterocycles. The van der Waals surface area contributed by atoms with Gasteiger partial charge in [0.15, 0.2) is 0 Å². The smallest absolute Gasteiger partial charge is 0.109 e. The van der Waals surface area contributed by atoms with Crippen molar-refractivity contribution in [3.63, 3.8) is 0 Å². The number of nitrogens with one attached hydrogen (secondary N) is 2. The molecule has 0 spiro atoms. The lowest BCUT2D eigenvalue weighted by Gasteiger charge is -2.32. The van der Waals surface area contributed by atoms with Crippen LogP contribution in [0.15, 0.2) is 24.3 Å². The summed E-state index contributed by atoms with van der Waals surface area (Å²) in [6.07, 6.45) is 0. The monoisotopic (exact) mass is 254 g/mol. The van der Waals surface area contributed by atoms with Gasteiger partial charge in [-0.15, -0.1) is 5.53 Å². The fourth-order valence-corrected chi connectivity index (χ4v) is 1.89.